The Labute approximate surface area is 78.3 Å². The van der Waals surface area contributed by atoms with Gasteiger partial charge in [0.15, 0.2) is 11.5 Å². The second-order valence-electron chi connectivity index (χ2n) is 2.76. The summed E-state index contributed by atoms with van der Waals surface area (Å²) in [5, 5.41) is 9.39. The van der Waals surface area contributed by atoms with Crippen LogP contribution < -0.4 is 4.74 Å². The van der Waals surface area contributed by atoms with Crippen LogP contribution in [0, 0.1) is 0 Å². The molecule has 3 N–H and O–H groups in total. The van der Waals surface area contributed by atoms with E-state index in [-0.39, 0.29) is 11.2 Å². The third-order valence-electron chi connectivity index (χ3n) is 1.78. The molecule has 0 aliphatic carbocycles. The molecule has 0 saturated heterocycles. The lowest BCUT2D eigenvalue weighted by Crippen LogP contribution is -1.86. The minimum atomic E-state index is 0. The fourth-order valence-electron chi connectivity index (χ4n) is 1.18. The summed E-state index contributed by atoms with van der Waals surface area (Å²) in [5.74, 6) is 0.762. The molecule has 1 aromatic carbocycles. The molecule has 0 unspecified atom stereocenters. The van der Waals surface area contributed by atoms with Gasteiger partial charge in [0, 0.05) is 0 Å². The molecule has 1 aromatic rings. The van der Waals surface area contributed by atoms with Crippen LogP contribution in [0.4, 0.5) is 0 Å². The minimum absolute atomic E-state index is 0. The average Bonchev–Trinajstić information content (AvgIpc) is 2.05. The monoisotopic (exact) mass is 184 g/mol. The van der Waals surface area contributed by atoms with E-state index in [2.05, 4.69) is 6.92 Å². The van der Waals surface area contributed by atoms with Crippen LogP contribution >= 0.6 is 0 Å². The van der Waals surface area contributed by atoms with E-state index in [1.807, 2.05) is 6.07 Å². The van der Waals surface area contributed by atoms with Crippen molar-refractivity contribution in [3.63, 3.8) is 0 Å². The van der Waals surface area contributed by atoms with Crippen molar-refractivity contribution in [3.05, 3.63) is 23.8 Å². The van der Waals surface area contributed by atoms with E-state index >= 15 is 0 Å². The van der Waals surface area contributed by atoms with Crippen LogP contribution in [0.5, 0.6) is 11.5 Å². The molecule has 0 aromatic heterocycles. The summed E-state index contributed by atoms with van der Waals surface area (Å²) in [4.78, 5) is 0. The highest BCUT2D eigenvalue weighted by atomic mass is 16.5. The predicted molar refractivity (Wildman–Crippen MR) is 52.3 cm³/mol. The standard InChI is InChI=1S/C10H14O2.H2O/c1-3-4-8-5-6-10(12-2)9(11)7-8;/h5-7,11H,3-4H2,1-2H3;1H2. The molecule has 0 spiro atoms. The molecular formula is C10H16O3. The zero-order valence-corrected chi connectivity index (χ0v) is 8.00. The summed E-state index contributed by atoms with van der Waals surface area (Å²) >= 11 is 0. The number of aromatic hydroxyl groups is 1. The molecule has 0 amide bonds. The van der Waals surface area contributed by atoms with E-state index in [4.69, 9.17) is 4.74 Å². The summed E-state index contributed by atoms with van der Waals surface area (Å²) in [6, 6.07) is 5.52. The molecule has 0 heterocycles. The lowest BCUT2D eigenvalue weighted by molar-refractivity contribution is 0.373. The van der Waals surface area contributed by atoms with Crippen LogP contribution in [0.3, 0.4) is 0 Å². The predicted octanol–water partition coefficient (Wildman–Crippen LogP) is 1.53. The number of rotatable bonds is 3. The Morgan fingerprint density at radius 2 is 2.08 bits per heavy atom. The zero-order chi connectivity index (χ0) is 8.97. The number of aryl methyl sites for hydroxylation is 1. The summed E-state index contributed by atoms with van der Waals surface area (Å²) in [5.41, 5.74) is 1.15. The van der Waals surface area contributed by atoms with Gasteiger partial charge in [-0.25, -0.2) is 0 Å². The topological polar surface area (TPSA) is 61.0 Å². The van der Waals surface area contributed by atoms with Crippen molar-refractivity contribution in [1.29, 1.82) is 0 Å². The molecule has 3 heteroatoms. The van der Waals surface area contributed by atoms with Crippen molar-refractivity contribution in [2.24, 2.45) is 0 Å². The molecule has 0 saturated carbocycles. The van der Waals surface area contributed by atoms with Gasteiger partial charge in [0.05, 0.1) is 7.11 Å². The number of phenolic OH excluding ortho intramolecular Hbond substituents is 1. The van der Waals surface area contributed by atoms with Gasteiger partial charge in [-0.1, -0.05) is 19.4 Å². The second kappa shape index (κ2) is 5.43. The Balaban J connectivity index is 0.00000144. The number of hydrogen-bond acceptors (Lipinski definition) is 2. The van der Waals surface area contributed by atoms with Crippen LogP contribution in [-0.4, -0.2) is 17.7 Å². The van der Waals surface area contributed by atoms with E-state index in [1.165, 1.54) is 0 Å². The molecule has 3 nitrogen and oxygen atoms in total. The molecule has 0 aliphatic rings. The van der Waals surface area contributed by atoms with Gasteiger partial charge in [-0.3, -0.25) is 0 Å². The Morgan fingerprint density at radius 3 is 2.54 bits per heavy atom. The normalized spacial score (nSPS) is 9.08. The third-order valence-corrected chi connectivity index (χ3v) is 1.78. The first kappa shape index (κ1) is 11.8. The number of methoxy groups -OCH3 is 1. The van der Waals surface area contributed by atoms with Crippen LogP contribution in [-0.2, 0) is 6.42 Å². The highest BCUT2D eigenvalue weighted by molar-refractivity contribution is 5.41. The quantitative estimate of drug-likeness (QED) is 0.774. The second-order valence-corrected chi connectivity index (χ2v) is 2.76. The molecule has 0 aliphatic heterocycles. The first-order valence-electron chi connectivity index (χ1n) is 4.13. The summed E-state index contributed by atoms with van der Waals surface area (Å²) < 4.78 is 4.93. The maximum atomic E-state index is 9.39. The van der Waals surface area contributed by atoms with E-state index < -0.39 is 0 Å². The van der Waals surface area contributed by atoms with Crippen molar-refractivity contribution in [2.75, 3.05) is 7.11 Å². The van der Waals surface area contributed by atoms with E-state index in [0.717, 1.165) is 18.4 Å². The van der Waals surface area contributed by atoms with Gasteiger partial charge in [-0.2, -0.15) is 0 Å². The van der Waals surface area contributed by atoms with Gasteiger partial charge in [-0.15, -0.1) is 0 Å². The lowest BCUT2D eigenvalue weighted by atomic mass is 10.1. The minimum Gasteiger partial charge on any atom is -0.504 e. The summed E-state index contributed by atoms with van der Waals surface area (Å²) in [7, 11) is 1.55. The van der Waals surface area contributed by atoms with Gasteiger partial charge in [-0.05, 0) is 24.1 Å². The van der Waals surface area contributed by atoms with Gasteiger partial charge in [0.1, 0.15) is 0 Å². The largest absolute Gasteiger partial charge is 0.504 e. The van der Waals surface area contributed by atoms with E-state index in [0.29, 0.717) is 5.75 Å². The Kier molecular flexibility index (Phi) is 4.92. The maximum absolute atomic E-state index is 9.39. The van der Waals surface area contributed by atoms with Gasteiger partial charge in [0.2, 0.25) is 0 Å². The number of phenols is 1. The summed E-state index contributed by atoms with van der Waals surface area (Å²) in [6.45, 7) is 2.11. The Hall–Kier alpha value is -1.22. The highest BCUT2D eigenvalue weighted by Gasteiger charge is 2.00. The first-order chi connectivity index (χ1) is 5.77. The van der Waals surface area contributed by atoms with Crippen LogP contribution in [0.15, 0.2) is 18.2 Å². The number of benzene rings is 1. The van der Waals surface area contributed by atoms with Crippen LogP contribution in [0.1, 0.15) is 18.9 Å². The SMILES string of the molecule is CCCc1ccc(OC)c(O)c1.O. The Bertz CT molecular complexity index is 258. The smallest absolute Gasteiger partial charge is 0.160 e. The molecule has 0 bridgehead atoms. The van der Waals surface area contributed by atoms with Crippen molar-refractivity contribution < 1.29 is 15.3 Å². The van der Waals surface area contributed by atoms with E-state index in [1.54, 1.807) is 19.2 Å². The van der Waals surface area contributed by atoms with Crippen LogP contribution in [0.25, 0.3) is 0 Å². The highest BCUT2D eigenvalue weighted by Crippen LogP contribution is 2.26. The van der Waals surface area contributed by atoms with Gasteiger partial charge in [0.25, 0.3) is 0 Å². The maximum Gasteiger partial charge on any atom is 0.160 e. The number of hydrogen-bond donors (Lipinski definition) is 1. The number of ether oxygens (including phenoxy) is 1. The fraction of sp³-hybridized carbons (Fsp3) is 0.400. The van der Waals surface area contributed by atoms with Crippen molar-refractivity contribution in [1.82, 2.24) is 0 Å². The molecule has 1 rings (SSSR count). The summed E-state index contributed by atoms with van der Waals surface area (Å²) in [6.07, 6.45) is 2.09. The van der Waals surface area contributed by atoms with Crippen molar-refractivity contribution in [3.8, 4) is 11.5 Å². The fourth-order valence-corrected chi connectivity index (χ4v) is 1.18. The van der Waals surface area contributed by atoms with E-state index in [9.17, 15) is 5.11 Å². The Morgan fingerprint density at radius 1 is 1.38 bits per heavy atom. The molecule has 0 atom stereocenters. The molecule has 0 fully saturated rings. The molecule has 74 valence electrons. The van der Waals surface area contributed by atoms with Crippen molar-refractivity contribution >= 4 is 0 Å². The van der Waals surface area contributed by atoms with Crippen molar-refractivity contribution in [2.45, 2.75) is 19.8 Å². The average molecular weight is 184 g/mol. The first-order valence-corrected chi connectivity index (χ1v) is 4.13. The molecule has 13 heavy (non-hydrogen) atoms. The molecular weight excluding hydrogens is 168 g/mol. The van der Waals surface area contributed by atoms with Gasteiger partial charge < -0.3 is 15.3 Å². The zero-order valence-electron chi connectivity index (χ0n) is 8.00. The molecule has 0 radical (unpaired) electrons. The van der Waals surface area contributed by atoms with Gasteiger partial charge >= 0.3 is 0 Å². The van der Waals surface area contributed by atoms with Crippen LogP contribution in [0.2, 0.25) is 0 Å². The lowest BCUT2D eigenvalue weighted by Gasteiger charge is -2.04. The third kappa shape index (κ3) is 2.95.